The smallest absolute Gasteiger partial charge is 0.258 e. The summed E-state index contributed by atoms with van der Waals surface area (Å²) in [5.41, 5.74) is 3.80. The maximum Gasteiger partial charge on any atom is 0.258 e. The number of nitrogens with zero attached hydrogens (tertiary/aromatic N) is 1. The molecule has 0 saturated heterocycles. The third-order valence-corrected chi connectivity index (χ3v) is 6.93. The molecule has 2 aromatic carbocycles. The van der Waals surface area contributed by atoms with Crippen molar-refractivity contribution in [2.24, 2.45) is 5.92 Å². The van der Waals surface area contributed by atoms with E-state index in [0.29, 0.717) is 24.6 Å². The summed E-state index contributed by atoms with van der Waals surface area (Å²) in [6.07, 6.45) is 5.04. The maximum absolute atomic E-state index is 12.6. The van der Waals surface area contributed by atoms with Gasteiger partial charge in [0.05, 0.1) is 0 Å². The Hall–Kier alpha value is -3.35. The molecule has 7 heteroatoms. The summed E-state index contributed by atoms with van der Waals surface area (Å²) in [4.78, 5) is 38.5. The zero-order chi connectivity index (χ0) is 22.8. The Morgan fingerprint density at radius 3 is 2.67 bits per heavy atom. The predicted molar refractivity (Wildman–Crippen MR) is 124 cm³/mol. The second-order valence-corrected chi connectivity index (χ2v) is 9.28. The van der Waals surface area contributed by atoms with Gasteiger partial charge >= 0.3 is 0 Å². The normalized spacial score (nSPS) is 21.8. The van der Waals surface area contributed by atoms with Gasteiger partial charge in [-0.25, -0.2) is 0 Å². The summed E-state index contributed by atoms with van der Waals surface area (Å²) < 4.78 is 5.66. The zero-order valence-corrected chi connectivity index (χ0v) is 18.6. The Bertz CT molecular complexity index is 1070. The third-order valence-electron chi connectivity index (χ3n) is 6.93. The van der Waals surface area contributed by atoms with E-state index in [4.69, 9.17) is 4.74 Å². The number of amides is 3. The van der Waals surface area contributed by atoms with Gasteiger partial charge in [0, 0.05) is 42.9 Å². The van der Waals surface area contributed by atoms with E-state index >= 15 is 0 Å². The van der Waals surface area contributed by atoms with E-state index in [1.54, 1.807) is 6.07 Å². The van der Waals surface area contributed by atoms with Crippen LogP contribution in [0.15, 0.2) is 42.5 Å². The molecule has 33 heavy (non-hydrogen) atoms. The van der Waals surface area contributed by atoms with Crippen LogP contribution < -0.4 is 15.4 Å². The molecule has 1 fully saturated rings. The van der Waals surface area contributed by atoms with Crippen LogP contribution in [-0.4, -0.2) is 41.8 Å². The highest BCUT2D eigenvalue weighted by molar-refractivity contribution is 5.98. The summed E-state index contributed by atoms with van der Waals surface area (Å²) in [5.74, 6) is 1.06. The average molecular weight is 448 g/mol. The van der Waals surface area contributed by atoms with Crippen molar-refractivity contribution in [1.29, 1.82) is 0 Å². The van der Waals surface area contributed by atoms with Gasteiger partial charge in [-0.1, -0.05) is 24.3 Å². The van der Waals surface area contributed by atoms with Crippen molar-refractivity contribution in [1.82, 2.24) is 10.2 Å². The van der Waals surface area contributed by atoms with E-state index in [2.05, 4.69) is 10.6 Å². The van der Waals surface area contributed by atoms with Gasteiger partial charge in [-0.3, -0.25) is 14.4 Å². The first-order valence-electron chi connectivity index (χ1n) is 11.8. The molecule has 0 radical (unpaired) electrons. The molecule has 0 unspecified atom stereocenters. The molecular weight excluding hydrogens is 418 g/mol. The van der Waals surface area contributed by atoms with E-state index in [-0.39, 0.29) is 30.4 Å². The number of carbonyl (C=O) groups excluding carboxylic acids is 3. The minimum atomic E-state index is -0.134. The highest BCUT2D eigenvalue weighted by Gasteiger charge is 2.30. The Labute approximate surface area is 193 Å². The molecule has 172 valence electrons. The minimum Gasteiger partial charge on any atom is -0.484 e. The summed E-state index contributed by atoms with van der Waals surface area (Å²) in [7, 11) is 0. The van der Waals surface area contributed by atoms with Crippen LogP contribution in [0.4, 0.5) is 5.69 Å². The standard InChI is InChI=1S/C26H29N3O4/c30-24-12-8-18-7-11-21(13-23(18)28-24)33-16-25(31)27-20-9-5-17(6-10-20)14-29-15-19-3-1-2-4-22(19)26(29)32/h1-4,7,11,13,17,20H,5-6,8-10,12,14-16H2,(H,27,31)(H,28,30). The lowest BCUT2D eigenvalue weighted by atomic mass is 9.85. The molecular formula is C26H29N3O4. The Kier molecular flexibility index (Phi) is 6.03. The summed E-state index contributed by atoms with van der Waals surface area (Å²) in [6, 6.07) is 13.5. The quantitative estimate of drug-likeness (QED) is 0.711. The maximum atomic E-state index is 12.6. The highest BCUT2D eigenvalue weighted by atomic mass is 16.5. The lowest BCUT2D eigenvalue weighted by Crippen LogP contribution is -2.41. The number of rotatable bonds is 6. The summed E-state index contributed by atoms with van der Waals surface area (Å²) in [5, 5.41) is 5.93. The van der Waals surface area contributed by atoms with E-state index in [1.165, 1.54) is 0 Å². The van der Waals surface area contributed by atoms with Gasteiger partial charge in [-0.15, -0.1) is 0 Å². The van der Waals surface area contributed by atoms with Crippen LogP contribution >= 0.6 is 0 Å². The number of benzene rings is 2. The van der Waals surface area contributed by atoms with Crippen LogP contribution in [0.2, 0.25) is 0 Å². The van der Waals surface area contributed by atoms with Crippen LogP contribution in [0, 0.1) is 5.92 Å². The van der Waals surface area contributed by atoms with Crippen molar-refractivity contribution < 1.29 is 19.1 Å². The predicted octanol–water partition coefficient (Wildman–Crippen LogP) is 3.28. The number of hydrogen-bond donors (Lipinski definition) is 2. The molecule has 2 aliphatic heterocycles. The number of hydrogen-bond acceptors (Lipinski definition) is 4. The average Bonchev–Trinajstić information content (AvgIpc) is 3.14. The molecule has 2 heterocycles. The Balaban J connectivity index is 1.05. The van der Waals surface area contributed by atoms with Crippen LogP contribution in [0.3, 0.4) is 0 Å². The first-order chi connectivity index (χ1) is 16.0. The van der Waals surface area contributed by atoms with Crippen molar-refractivity contribution in [3.63, 3.8) is 0 Å². The van der Waals surface area contributed by atoms with Gasteiger partial charge < -0.3 is 20.3 Å². The van der Waals surface area contributed by atoms with Gasteiger partial charge in [-0.2, -0.15) is 0 Å². The van der Waals surface area contributed by atoms with Gasteiger partial charge in [0.15, 0.2) is 6.61 Å². The van der Waals surface area contributed by atoms with Gasteiger partial charge in [0.2, 0.25) is 5.91 Å². The van der Waals surface area contributed by atoms with Crippen LogP contribution in [0.1, 0.15) is 53.6 Å². The largest absolute Gasteiger partial charge is 0.484 e. The number of nitrogens with one attached hydrogen (secondary N) is 2. The second-order valence-electron chi connectivity index (χ2n) is 9.28. The lowest BCUT2D eigenvalue weighted by molar-refractivity contribution is -0.124. The molecule has 0 atom stereocenters. The molecule has 0 spiro atoms. The molecule has 5 rings (SSSR count). The second kappa shape index (κ2) is 9.25. The third kappa shape index (κ3) is 4.87. The fourth-order valence-electron chi connectivity index (χ4n) is 5.12. The Morgan fingerprint density at radius 2 is 1.85 bits per heavy atom. The number of ether oxygens (including phenoxy) is 1. The molecule has 2 aromatic rings. The highest BCUT2D eigenvalue weighted by Crippen LogP contribution is 2.30. The molecule has 2 N–H and O–H groups in total. The zero-order valence-electron chi connectivity index (χ0n) is 18.6. The minimum absolute atomic E-state index is 0.00614. The van der Waals surface area contributed by atoms with E-state index in [9.17, 15) is 14.4 Å². The van der Waals surface area contributed by atoms with Crippen LogP contribution in [0.5, 0.6) is 5.75 Å². The fourth-order valence-corrected chi connectivity index (χ4v) is 5.12. The number of aryl methyl sites for hydroxylation is 1. The van der Waals surface area contributed by atoms with Crippen molar-refractivity contribution in [3.8, 4) is 5.75 Å². The molecule has 1 aliphatic carbocycles. The van der Waals surface area contributed by atoms with Crippen LogP contribution in [0.25, 0.3) is 0 Å². The topological polar surface area (TPSA) is 87.7 Å². The molecule has 7 nitrogen and oxygen atoms in total. The van der Waals surface area contributed by atoms with E-state index in [1.807, 2.05) is 41.3 Å². The monoisotopic (exact) mass is 447 g/mol. The molecule has 0 bridgehead atoms. The number of anilines is 1. The van der Waals surface area contributed by atoms with Crippen molar-refractivity contribution >= 4 is 23.4 Å². The number of carbonyl (C=O) groups is 3. The van der Waals surface area contributed by atoms with E-state index < -0.39 is 0 Å². The summed E-state index contributed by atoms with van der Waals surface area (Å²) in [6.45, 7) is 1.44. The Morgan fingerprint density at radius 1 is 1.03 bits per heavy atom. The fraction of sp³-hybridized carbons (Fsp3) is 0.423. The van der Waals surface area contributed by atoms with Crippen molar-refractivity contribution in [2.75, 3.05) is 18.5 Å². The molecule has 3 aliphatic rings. The van der Waals surface area contributed by atoms with Crippen molar-refractivity contribution in [2.45, 2.75) is 51.1 Å². The first-order valence-corrected chi connectivity index (χ1v) is 11.8. The van der Waals surface area contributed by atoms with Crippen LogP contribution in [-0.2, 0) is 22.6 Å². The van der Waals surface area contributed by atoms with Gasteiger partial charge in [0.25, 0.3) is 11.8 Å². The van der Waals surface area contributed by atoms with E-state index in [0.717, 1.165) is 61.0 Å². The van der Waals surface area contributed by atoms with Crippen molar-refractivity contribution in [3.05, 3.63) is 59.2 Å². The van der Waals surface area contributed by atoms with Gasteiger partial charge in [-0.05, 0) is 61.3 Å². The molecule has 0 aromatic heterocycles. The number of fused-ring (bicyclic) bond motifs is 2. The molecule has 1 saturated carbocycles. The first kappa shape index (κ1) is 21.5. The summed E-state index contributed by atoms with van der Waals surface area (Å²) >= 11 is 0. The SMILES string of the molecule is O=C1CCc2ccc(OCC(=O)NC3CCC(CN4Cc5ccccc5C4=O)CC3)cc2N1. The lowest BCUT2D eigenvalue weighted by Gasteiger charge is -2.31. The van der Waals surface area contributed by atoms with Gasteiger partial charge in [0.1, 0.15) is 5.75 Å². The molecule has 3 amide bonds.